The smallest absolute Gasteiger partial charge is 0.412 e. The Balaban J connectivity index is 2.42. The summed E-state index contributed by atoms with van der Waals surface area (Å²) in [5.41, 5.74) is 7.89. The van der Waals surface area contributed by atoms with Gasteiger partial charge in [-0.3, -0.25) is 10.00 Å². The first-order valence-corrected chi connectivity index (χ1v) is 7.17. The molecule has 2 rings (SSSR count). The first kappa shape index (κ1) is 16.7. The van der Waals surface area contributed by atoms with E-state index in [4.69, 9.17) is 15.2 Å². The van der Waals surface area contributed by atoms with Crippen LogP contribution in [-0.4, -0.2) is 28.6 Å². The average molecular weight is 318 g/mol. The van der Waals surface area contributed by atoms with Crippen LogP contribution in [0.3, 0.4) is 0 Å². The second kappa shape index (κ2) is 6.20. The topological polar surface area (TPSA) is 91.4 Å². The summed E-state index contributed by atoms with van der Waals surface area (Å²) in [6.45, 7) is 5.41. The minimum absolute atomic E-state index is 0.518. The lowest BCUT2D eigenvalue weighted by Gasteiger charge is -2.21. The van der Waals surface area contributed by atoms with Crippen molar-refractivity contribution in [2.24, 2.45) is 7.05 Å². The van der Waals surface area contributed by atoms with Crippen LogP contribution in [0.2, 0.25) is 0 Å². The fourth-order valence-corrected chi connectivity index (χ4v) is 2.16. The molecule has 2 aromatic rings. The fourth-order valence-electron chi connectivity index (χ4n) is 2.16. The van der Waals surface area contributed by atoms with Gasteiger partial charge in [-0.25, -0.2) is 4.79 Å². The van der Waals surface area contributed by atoms with Crippen molar-refractivity contribution in [1.82, 2.24) is 9.78 Å². The van der Waals surface area contributed by atoms with E-state index in [9.17, 15) is 4.79 Å². The number of anilines is 2. The molecule has 0 aliphatic heterocycles. The van der Waals surface area contributed by atoms with Crippen molar-refractivity contribution in [1.29, 1.82) is 0 Å². The van der Waals surface area contributed by atoms with Crippen LogP contribution in [0.5, 0.6) is 5.75 Å². The molecule has 3 N–H and O–H groups in total. The number of rotatable bonds is 3. The van der Waals surface area contributed by atoms with E-state index >= 15 is 0 Å². The Hall–Kier alpha value is -2.70. The molecule has 0 aliphatic rings. The van der Waals surface area contributed by atoms with Gasteiger partial charge in [0.2, 0.25) is 0 Å². The van der Waals surface area contributed by atoms with Gasteiger partial charge in [-0.05, 0) is 32.9 Å². The van der Waals surface area contributed by atoms with Crippen molar-refractivity contribution in [3.63, 3.8) is 0 Å². The third-order valence-electron chi connectivity index (χ3n) is 3.08. The van der Waals surface area contributed by atoms with E-state index in [1.54, 1.807) is 57.9 Å². The first-order valence-electron chi connectivity index (χ1n) is 7.17. The highest BCUT2D eigenvalue weighted by molar-refractivity contribution is 5.93. The Morgan fingerprint density at radius 1 is 1.35 bits per heavy atom. The number of hydrogen-bond acceptors (Lipinski definition) is 5. The Morgan fingerprint density at radius 2 is 2.04 bits per heavy atom. The van der Waals surface area contributed by atoms with Crippen molar-refractivity contribution in [3.05, 3.63) is 24.4 Å². The molecule has 1 aromatic heterocycles. The lowest BCUT2D eigenvalue weighted by molar-refractivity contribution is 0.0636. The van der Waals surface area contributed by atoms with E-state index in [0.29, 0.717) is 22.8 Å². The standard InChI is InChI=1S/C16H22N4O3/c1-16(2,3)23-15(21)19-13-8-10(22-5)6-7-11(13)14-12(17)9-18-20(14)4/h6-9H,17H2,1-5H3,(H,19,21). The highest BCUT2D eigenvalue weighted by atomic mass is 16.6. The normalized spacial score (nSPS) is 11.2. The number of carbonyl (C=O) groups excluding carboxylic acids is 1. The summed E-state index contributed by atoms with van der Waals surface area (Å²) in [4.78, 5) is 12.1. The van der Waals surface area contributed by atoms with E-state index in [1.807, 2.05) is 6.07 Å². The molecule has 1 amide bonds. The second-order valence-electron chi connectivity index (χ2n) is 6.11. The Morgan fingerprint density at radius 3 is 2.57 bits per heavy atom. The van der Waals surface area contributed by atoms with Crippen LogP contribution in [-0.2, 0) is 11.8 Å². The molecule has 0 saturated heterocycles. The minimum atomic E-state index is -0.589. The number of amides is 1. The molecule has 0 fully saturated rings. The molecule has 7 nitrogen and oxygen atoms in total. The van der Waals surface area contributed by atoms with Crippen LogP contribution in [0.1, 0.15) is 20.8 Å². The number of carbonyl (C=O) groups is 1. The minimum Gasteiger partial charge on any atom is -0.497 e. The quantitative estimate of drug-likeness (QED) is 0.907. The van der Waals surface area contributed by atoms with Gasteiger partial charge in [0, 0.05) is 18.7 Å². The molecule has 124 valence electrons. The van der Waals surface area contributed by atoms with Gasteiger partial charge >= 0.3 is 6.09 Å². The summed E-state index contributed by atoms with van der Waals surface area (Å²) < 4.78 is 12.2. The highest BCUT2D eigenvalue weighted by Crippen LogP contribution is 2.34. The maximum atomic E-state index is 12.1. The summed E-state index contributed by atoms with van der Waals surface area (Å²) in [6, 6.07) is 5.33. The SMILES string of the molecule is COc1ccc(-c2c(N)cnn2C)c(NC(=O)OC(C)(C)C)c1. The number of aromatic nitrogens is 2. The molecule has 7 heteroatoms. The molecule has 0 saturated carbocycles. The van der Waals surface area contributed by atoms with Gasteiger partial charge in [0.1, 0.15) is 11.4 Å². The Labute approximate surface area is 135 Å². The molecule has 1 heterocycles. The number of ether oxygens (including phenoxy) is 2. The summed E-state index contributed by atoms with van der Waals surface area (Å²) in [6.07, 6.45) is 1.02. The molecular weight excluding hydrogens is 296 g/mol. The second-order valence-corrected chi connectivity index (χ2v) is 6.11. The number of nitrogens with two attached hydrogens (primary N) is 1. The number of aryl methyl sites for hydroxylation is 1. The molecule has 0 bridgehead atoms. The Bertz CT molecular complexity index is 697. The summed E-state index contributed by atoms with van der Waals surface area (Å²) >= 11 is 0. The van der Waals surface area contributed by atoms with E-state index < -0.39 is 11.7 Å². The lowest BCUT2D eigenvalue weighted by Crippen LogP contribution is -2.27. The van der Waals surface area contributed by atoms with Crippen molar-refractivity contribution < 1.29 is 14.3 Å². The molecule has 0 unspecified atom stereocenters. The van der Waals surface area contributed by atoms with Gasteiger partial charge < -0.3 is 15.2 Å². The predicted molar refractivity (Wildman–Crippen MR) is 89.5 cm³/mol. The van der Waals surface area contributed by atoms with Crippen LogP contribution < -0.4 is 15.8 Å². The van der Waals surface area contributed by atoms with E-state index in [1.165, 1.54) is 0 Å². The van der Waals surface area contributed by atoms with Gasteiger partial charge in [-0.15, -0.1) is 0 Å². The van der Waals surface area contributed by atoms with E-state index in [2.05, 4.69) is 10.4 Å². The summed E-state index contributed by atoms with van der Waals surface area (Å²) in [7, 11) is 3.35. The Kier molecular flexibility index (Phi) is 4.49. The van der Waals surface area contributed by atoms with Crippen LogP contribution in [0.15, 0.2) is 24.4 Å². The number of nitrogens with one attached hydrogen (secondary N) is 1. The summed E-state index contributed by atoms with van der Waals surface area (Å²) in [5.74, 6) is 0.612. The molecule has 0 aliphatic carbocycles. The largest absolute Gasteiger partial charge is 0.497 e. The van der Waals surface area contributed by atoms with Crippen LogP contribution >= 0.6 is 0 Å². The average Bonchev–Trinajstić information content (AvgIpc) is 2.76. The molecular formula is C16H22N4O3. The van der Waals surface area contributed by atoms with Crippen molar-refractivity contribution >= 4 is 17.5 Å². The molecule has 0 radical (unpaired) electrons. The monoisotopic (exact) mass is 318 g/mol. The lowest BCUT2D eigenvalue weighted by atomic mass is 10.1. The van der Waals surface area contributed by atoms with Crippen molar-refractivity contribution in [2.45, 2.75) is 26.4 Å². The number of benzene rings is 1. The third-order valence-corrected chi connectivity index (χ3v) is 3.08. The maximum Gasteiger partial charge on any atom is 0.412 e. The van der Waals surface area contributed by atoms with Gasteiger partial charge in [0.05, 0.1) is 30.4 Å². The van der Waals surface area contributed by atoms with Gasteiger partial charge in [-0.1, -0.05) is 0 Å². The zero-order chi connectivity index (χ0) is 17.2. The van der Waals surface area contributed by atoms with Gasteiger partial charge in [0.25, 0.3) is 0 Å². The number of methoxy groups -OCH3 is 1. The zero-order valence-electron chi connectivity index (χ0n) is 14.0. The first-order chi connectivity index (χ1) is 10.7. The highest BCUT2D eigenvalue weighted by Gasteiger charge is 2.19. The fraction of sp³-hybridized carbons (Fsp3) is 0.375. The van der Waals surface area contributed by atoms with Crippen LogP contribution in [0.25, 0.3) is 11.3 Å². The van der Waals surface area contributed by atoms with Crippen molar-refractivity contribution in [3.8, 4) is 17.0 Å². The van der Waals surface area contributed by atoms with E-state index in [0.717, 1.165) is 5.56 Å². The number of nitrogen functional groups attached to an aromatic ring is 1. The van der Waals surface area contributed by atoms with Crippen LogP contribution in [0.4, 0.5) is 16.2 Å². The molecule has 1 aromatic carbocycles. The number of nitrogens with zero attached hydrogens (tertiary/aromatic N) is 2. The maximum absolute atomic E-state index is 12.1. The molecule has 0 atom stereocenters. The number of hydrogen-bond donors (Lipinski definition) is 2. The van der Waals surface area contributed by atoms with Gasteiger partial charge in [0.15, 0.2) is 0 Å². The van der Waals surface area contributed by atoms with Gasteiger partial charge in [-0.2, -0.15) is 5.10 Å². The zero-order valence-corrected chi connectivity index (χ0v) is 14.0. The third kappa shape index (κ3) is 3.94. The summed E-state index contributed by atoms with van der Waals surface area (Å²) in [5, 5.41) is 6.88. The van der Waals surface area contributed by atoms with E-state index in [-0.39, 0.29) is 0 Å². The molecule has 23 heavy (non-hydrogen) atoms. The predicted octanol–water partition coefficient (Wildman–Crippen LogP) is 3.02. The molecule has 0 spiro atoms. The van der Waals surface area contributed by atoms with Crippen molar-refractivity contribution in [2.75, 3.05) is 18.2 Å². The van der Waals surface area contributed by atoms with Crippen LogP contribution in [0, 0.1) is 0 Å².